The predicted octanol–water partition coefficient (Wildman–Crippen LogP) is 6.12. The molecule has 0 fully saturated rings. The quantitative estimate of drug-likeness (QED) is 0.280. The van der Waals surface area contributed by atoms with E-state index in [1.807, 2.05) is 84.9 Å². The largest absolute Gasteiger partial charge is 0.465 e. The van der Waals surface area contributed by atoms with Gasteiger partial charge in [-0.15, -0.1) is 0 Å². The van der Waals surface area contributed by atoms with Crippen LogP contribution in [0.2, 0.25) is 0 Å². The van der Waals surface area contributed by atoms with Crippen molar-refractivity contribution in [3.05, 3.63) is 90.5 Å². The maximum atomic E-state index is 12.4. The number of hydrogen-bond acceptors (Lipinski definition) is 4. The van der Waals surface area contributed by atoms with E-state index in [2.05, 4.69) is 0 Å². The zero-order chi connectivity index (χ0) is 19.8. The summed E-state index contributed by atoms with van der Waals surface area (Å²) in [6, 6.07) is 27.1. The Morgan fingerprint density at radius 2 is 1.34 bits per heavy atom. The van der Waals surface area contributed by atoms with Crippen LogP contribution in [0.1, 0.15) is 10.4 Å². The van der Waals surface area contributed by atoms with Gasteiger partial charge in [0.15, 0.2) is 0 Å². The first-order chi connectivity index (χ1) is 14.3. The van der Waals surface area contributed by atoms with E-state index >= 15 is 0 Å². The number of fused-ring (bicyclic) bond motifs is 5. The number of pyridine rings is 1. The molecule has 4 heteroatoms. The zero-order valence-electron chi connectivity index (χ0n) is 15.8. The van der Waals surface area contributed by atoms with Crippen molar-refractivity contribution >= 4 is 38.4 Å². The van der Waals surface area contributed by atoms with Crippen molar-refractivity contribution < 1.29 is 14.3 Å². The van der Waals surface area contributed by atoms with Crippen molar-refractivity contribution in [2.75, 3.05) is 7.11 Å². The highest BCUT2D eigenvalue weighted by Gasteiger charge is 2.18. The molecule has 0 amide bonds. The van der Waals surface area contributed by atoms with E-state index in [1.54, 1.807) is 0 Å². The lowest BCUT2D eigenvalue weighted by atomic mass is 9.97. The van der Waals surface area contributed by atoms with Crippen LogP contribution in [-0.2, 0) is 4.74 Å². The number of carbonyl (C=O) groups is 1. The second-order valence-corrected chi connectivity index (χ2v) is 6.74. The maximum Gasteiger partial charge on any atom is 0.338 e. The third-order valence-electron chi connectivity index (χ3n) is 5.04. The van der Waals surface area contributed by atoms with E-state index in [1.165, 1.54) is 7.11 Å². The molecule has 0 aliphatic rings. The van der Waals surface area contributed by atoms with Crippen LogP contribution in [0.5, 0.6) is 11.6 Å². The molecule has 4 nitrogen and oxygen atoms in total. The van der Waals surface area contributed by atoms with Crippen molar-refractivity contribution in [2.45, 2.75) is 0 Å². The molecule has 140 valence electrons. The summed E-state index contributed by atoms with van der Waals surface area (Å²) in [5.74, 6) is 0.895. The number of para-hydroxylation sites is 1. The van der Waals surface area contributed by atoms with Gasteiger partial charge in [0.05, 0.1) is 18.2 Å². The van der Waals surface area contributed by atoms with E-state index in [9.17, 15) is 4.79 Å². The van der Waals surface area contributed by atoms with E-state index in [4.69, 9.17) is 14.5 Å². The number of hydrogen-bond donors (Lipinski definition) is 0. The summed E-state index contributed by atoms with van der Waals surface area (Å²) < 4.78 is 11.2. The van der Waals surface area contributed by atoms with Crippen LogP contribution in [0, 0.1) is 0 Å². The molecule has 5 rings (SSSR count). The molecular weight excluding hydrogens is 362 g/mol. The first kappa shape index (κ1) is 17.2. The molecule has 0 aliphatic heterocycles. The van der Waals surface area contributed by atoms with E-state index in [0.29, 0.717) is 11.4 Å². The monoisotopic (exact) mass is 379 g/mol. The number of methoxy groups -OCH3 is 1. The van der Waals surface area contributed by atoms with Crippen LogP contribution in [0.4, 0.5) is 0 Å². The fourth-order valence-corrected chi connectivity index (χ4v) is 3.71. The highest BCUT2D eigenvalue weighted by molar-refractivity contribution is 6.21. The van der Waals surface area contributed by atoms with Crippen molar-refractivity contribution in [3.63, 3.8) is 0 Å². The number of rotatable bonds is 3. The molecule has 4 aromatic carbocycles. The summed E-state index contributed by atoms with van der Waals surface area (Å²) in [5.41, 5.74) is 1.32. The topological polar surface area (TPSA) is 48.4 Å². The summed E-state index contributed by atoms with van der Waals surface area (Å²) in [4.78, 5) is 17.3. The lowest BCUT2D eigenvalue weighted by Crippen LogP contribution is -2.03. The van der Waals surface area contributed by atoms with Crippen LogP contribution < -0.4 is 4.74 Å². The van der Waals surface area contributed by atoms with Crippen LogP contribution in [0.25, 0.3) is 32.4 Å². The van der Waals surface area contributed by atoms with E-state index in [0.717, 1.165) is 38.2 Å². The lowest BCUT2D eigenvalue weighted by molar-refractivity contribution is 0.0603. The molecule has 0 N–H and O–H groups in total. The van der Waals surface area contributed by atoms with Crippen molar-refractivity contribution in [3.8, 4) is 11.6 Å². The fraction of sp³-hybridized carbons (Fsp3) is 0.0400. The number of carbonyl (C=O) groups excluding carboxylic acids is 1. The summed E-state index contributed by atoms with van der Waals surface area (Å²) in [6.07, 6.45) is 0. The Morgan fingerprint density at radius 3 is 2.07 bits per heavy atom. The van der Waals surface area contributed by atoms with Gasteiger partial charge in [0.25, 0.3) is 0 Å². The summed E-state index contributed by atoms with van der Waals surface area (Å²) in [5, 5.41) is 4.43. The molecule has 0 saturated heterocycles. The summed E-state index contributed by atoms with van der Waals surface area (Å²) >= 11 is 0. The Balaban J connectivity index is 1.89. The molecule has 0 atom stereocenters. The van der Waals surface area contributed by atoms with Gasteiger partial charge in [-0.1, -0.05) is 60.7 Å². The smallest absolute Gasteiger partial charge is 0.338 e. The van der Waals surface area contributed by atoms with Crippen molar-refractivity contribution in [1.29, 1.82) is 0 Å². The van der Waals surface area contributed by atoms with Crippen LogP contribution >= 0.6 is 0 Å². The highest BCUT2D eigenvalue weighted by Crippen LogP contribution is 2.37. The average molecular weight is 379 g/mol. The molecule has 1 aromatic heterocycles. The standard InChI is InChI=1S/C25H17NO3/c1-28-25(27)22-15-21-18-12-6-8-14-20(18)24(29-16-9-3-2-4-10-16)26-23(21)19-13-7-5-11-17(19)22/h2-15H,1H3. The Bertz CT molecular complexity index is 1380. The van der Waals surface area contributed by atoms with Gasteiger partial charge in [-0.25, -0.2) is 9.78 Å². The van der Waals surface area contributed by atoms with Crippen molar-refractivity contribution in [1.82, 2.24) is 4.98 Å². The first-order valence-electron chi connectivity index (χ1n) is 9.31. The Kier molecular flexibility index (Phi) is 4.10. The molecule has 1 heterocycles. The van der Waals surface area contributed by atoms with E-state index in [-0.39, 0.29) is 5.97 Å². The van der Waals surface area contributed by atoms with Gasteiger partial charge in [0.1, 0.15) is 5.75 Å². The average Bonchev–Trinajstić information content (AvgIpc) is 2.79. The number of aromatic nitrogens is 1. The van der Waals surface area contributed by atoms with Crippen LogP contribution in [0.3, 0.4) is 0 Å². The van der Waals surface area contributed by atoms with Gasteiger partial charge in [-0.2, -0.15) is 0 Å². The van der Waals surface area contributed by atoms with Crippen LogP contribution in [-0.4, -0.2) is 18.1 Å². The molecule has 0 aliphatic carbocycles. The predicted molar refractivity (Wildman–Crippen MR) is 115 cm³/mol. The minimum Gasteiger partial charge on any atom is -0.465 e. The van der Waals surface area contributed by atoms with Crippen LogP contribution in [0.15, 0.2) is 84.9 Å². The summed E-state index contributed by atoms with van der Waals surface area (Å²) in [6.45, 7) is 0. The third-order valence-corrected chi connectivity index (χ3v) is 5.04. The molecule has 0 spiro atoms. The summed E-state index contributed by atoms with van der Waals surface area (Å²) in [7, 11) is 1.40. The zero-order valence-corrected chi connectivity index (χ0v) is 15.8. The van der Waals surface area contributed by atoms with E-state index < -0.39 is 0 Å². The second-order valence-electron chi connectivity index (χ2n) is 6.74. The lowest BCUT2D eigenvalue weighted by Gasteiger charge is -2.14. The van der Waals surface area contributed by atoms with Gasteiger partial charge in [0, 0.05) is 16.2 Å². The minimum atomic E-state index is -0.364. The maximum absolute atomic E-state index is 12.4. The molecule has 0 saturated carbocycles. The molecule has 0 radical (unpaired) electrons. The third kappa shape index (κ3) is 2.86. The molecule has 0 unspecified atom stereocenters. The number of esters is 1. The van der Waals surface area contributed by atoms with Gasteiger partial charge < -0.3 is 9.47 Å². The SMILES string of the molecule is COC(=O)c1cc2c3ccccc3c(Oc3ccccc3)nc2c2ccccc12. The van der Waals surface area contributed by atoms with Gasteiger partial charge in [-0.05, 0) is 35.0 Å². The Morgan fingerprint density at radius 1 is 0.724 bits per heavy atom. The minimum absolute atomic E-state index is 0.364. The number of ether oxygens (including phenoxy) is 2. The van der Waals surface area contributed by atoms with Crippen molar-refractivity contribution in [2.24, 2.45) is 0 Å². The molecular formula is C25H17NO3. The van der Waals surface area contributed by atoms with Gasteiger partial charge >= 0.3 is 5.97 Å². The second kappa shape index (κ2) is 6.91. The number of benzene rings is 4. The normalized spacial score (nSPS) is 11.1. The van der Waals surface area contributed by atoms with Gasteiger partial charge in [0.2, 0.25) is 5.88 Å². The number of nitrogens with zero attached hydrogens (tertiary/aromatic N) is 1. The Labute approximate surface area is 167 Å². The molecule has 29 heavy (non-hydrogen) atoms. The highest BCUT2D eigenvalue weighted by atomic mass is 16.5. The first-order valence-corrected chi connectivity index (χ1v) is 9.31. The molecule has 5 aromatic rings. The molecule has 0 bridgehead atoms. The Hall–Kier alpha value is -3.92. The fourth-order valence-electron chi connectivity index (χ4n) is 3.71. The van der Waals surface area contributed by atoms with Gasteiger partial charge in [-0.3, -0.25) is 0 Å².